The number of hydrogen-bond acceptors (Lipinski definition) is 2. The molecule has 1 fully saturated rings. The number of hydrogen-bond donors (Lipinski definition) is 1. The minimum atomic E-state index is -0.330. The maximum Gasteiger partial charge on any atom is 0.246 e. The van der Waals surface area contributed by atoms with Gasteiger partial charge in [-0.1, -0.05) is 6.92 Å². The molecular formula is C7H13NO2. The number of rotatable bonds is 1. The molecule has 0 unspecified atom stereocenters. The number of nitrogens with two attached hydrogens (primary N) is 1. The monoisotopic (exact) mass is 143 g/mol. The highest BCUT2D eigenvalue weighted by atomic mass is 16.5. The molecule has 1 rings (SSSR count). The van der Waals surface area contributed by atoms with E-state index in [0.29, 0.717) is 12.5 Å². The lowest BCUT2D eigenvalue weighted by atomic mass is 9.97. The molecule has 0 aromatic carbocycles. The summed E-state index contributed by atoms with van der Waals surface area (Å²) in [7, 11) is 0. The van der Waals surface area contributed by atoms with E-state index in [1.54, 1.807) is 0 Å². The van der Waals surface area contributed by atoms with Crippen molar-refractivity contribution in [2.24, 2.45) is 11.7 Å². The van der Waals surface area contributed by atoms with Gasteiger partial charge in [0.15, 0.2) is 0 Å². The minimum Gasteiger partial charge on any atom is -0.368 e. The lowest BCUT2D eigenvalue weighted by Crippen LogP contribution is -2.36. The first-order valence-electron chi connectivity index (χ1n) is 3.61. The summed E-state index contributed by atoms with van der Waals surface area (Å²) in [4.78, 5) is 10.6. The Morgan fingerprint density at radius 3 is 2.80 bits per heavy atom. The number of ether oxygens (including phenoxy) is 1. The van der Waals surface area contributed by atoms with Crippen molar-refractivity contribution in [3.05, 3.63) is 0 Å². The molecule has 1 amide bonds. The second kappa shape index (κ2) is 3.01. The first-order valence-corrected chi connectivity index (χ1v) is 3.61. The summed E-state index contributed by atoms with van der Waals surface area (Å²) < 4.78 is 5.14. The van der Waals surface area contributed by atoms with E-state index in [4.69, 9.17) is 10.5 Å². The van der Waals surface area contributed by atoms with Gasteiger partial charge in [-0.15, -0.1) is 0 Å². The Balaban J connectivity index is 2.39. The summed E-state index contributed by atoms with van der Waals surface area (Å²) in [6.07, 6.45) is 1.50. The van der Waals surface area contributed by atoms with Crippen LogP contribution in [-0.4, -0.2) is 18.6 Å². The topological polar surface area (TPSA) is 52.3 Å². The Labute approximate surface area is 60.5 Å². The Hall–Kier alpha value is -0.570. The molecule has 3 nitrogen and oxygen atoms in total. The quantitative estimate of drug-likeness (QED) is 0.573. The first kappa shape index (κ1) is 7.54. The second-order valence-electron chi connectivity index (χ2n) is 2.89. The molecule has 0 spiro atoms. The van der Waals surface area contributed by atoms with Crippen molar-refractivity contribution in [2.75, 3.05) is 6.61 Å². The van der Waals surface area contributed by atoms with Crippen LogP contribution in [0.3, 0.4) is 0 Å². The van der Waals surface area contributed by atoms with E-state index in [9.17, 15) is 4.79 Å². The second-order valence-corrected chi connectivity index (χ2v) is 2.89. The van der Waals surface area contributed by atoms with E-state index in [1.807, 2.05) is 0 Å². The zero-order valence-corrected chi connectivity index (χ0v) is 6.17. The third-order valence-corrected chi connectivity index (χ3v) is 1.86. The molecule has 0 radical (unpaired) electrons. The average molecular weight is 143 g/mol. The standard InChI is InChI=1S/C7H13NO2/c1-5-2-3-10-6(4-5)7(8)9/h5-6H,2-4H2,1H3,(H2,8,9)/t5-,6-/m0/s1. The van der Waals surface area contributed by atoms with E-state index in [1.165, 1.54) is 0 Å². The van der Waals surface area contributed by atoms with Gasteiger partial charge in [0.2, 0.25) is 5.91 Å². The molecule has 3 heteroatoms. The Morgan fingerprint density at radius 1 is 1.70 bits per heavy atom. The number of amides is 1. The molecule has 1 saturated heterocycles. The van der Waals surface area contributed by atoms with Gasteiger partial charge < -0.3 is 10.5 Å². The van der Waals surface area contributed by atoms with Crippen LogP contribution in [0.25, 0.3) is 0 Å². The fraction of sp³-hybridized carbons (Fsp3) is 0.857. The van der Waals surface area contributed by atoms with Gasteiger partial charge in [0.25, 0.3) is 0 Å². The lowest BCUT2D eigenvalue weighted by molar-refractivity contribution is -0.133. The van der Waals surface area contributed by atoms with E-state index in [0.717, 1.165) is 12.8 Å². The summed E-state index contributed by atoms with van der Waals surface area (Å²) in [5.41, 5.74) is 5.07. The fourth-order valence-electron chi connectivity index (χ4n) is 1.16. The average Bonchev–Trinajstić information content (AvgIpc) is 1.88. The molecule has 0 saturated carbocycles. The largest absolute Gasteiger partial charge is 0.368 e. The Bertz CT molecular complexity index is 136. The van der Waals surface area contributed by atoms with Crippen LogP contribution in [0.15, 0.2) is 0 Å². The molecule has 2 atom stereocenters. The van der Waals surface area contributed by atoms with E-state index in [2.05, 4.69) is 6.92 Å². The lowest BCUT2D eigenvalue weighted by Gasteiger charge is -2.24. The molecule has 0 aromatic rings. The highest BCUT2D eigenvalue weighted by molar-refractivity contribution is 5.78. The van der Waals surface area contributed by atoms with Gasteiger partial charge in [-0.05, 0) is 18.8 Å². The highest BCUT2D eigenvalue weighted by Gasteiger charge is 2.23. The number of carbonyl (C=O) groups excluding carboxylic acids is 1. The van der Waals surface area contributed by atoms with E-state index < -0.39 is 0 Å². The molecule has 1 heterocycles. The molecule has 2 N–H and O–H groups in total. The summed E-state index contributed by atoms with van der Waals surface area (Å²) in [5.74, 6) is 0.248. The van der Waals surface area contributed by atoms with Crippen molar-refractivity contribution >= 4 is 5.91 Å². The van der Waals surface area contributed by atoms with E-state index >= 15 is 0 Å². The van der Waals surface area contributed by atoms with Crippen LogP contribution >= 0.6 is 0 Å². The third kappa shape index (κ3) is 1.70. The highest BCUT2D eigenvalue weighted by Crippen LogP contribution is 2.18. The van der Waals surface area contributed by atoms with Crippen molar-refractivity contribution in [3.8, 4) is 0 Å². The SMILES string of the molecule is C[C@H]1CCO[C@H](C(N)=O)C1. The zero-order valence-electron chi connectivity index (χ0n) is 6.17. The van der Waals surface area contributed by atoms with Crippen molar-refractivity contribution in [2.45, 2.75) is 25.9 Å². The van der Waals surface area contributed by atoms with Gasteiger partial charge >= 0.3 is 0 Å². The Morgan fingerprint density at radius 2 is 2.40 bits per heavy atom. The van der Waals surface area contributed by atoms with Crippen LogP contribution in [0.2, 0.25) is 0 Å². The third-order valence-electron chi connectivity index (χ3n) is 1.86. The first-order chi connectivity index (χ1) is 4.70. The molecule has 58 valence electrons. The fourth-order valence-corrected chi connectivity index (χ4v) is 1.16. The van der Waals surface area contributed by atoms with Gasteiger partial charge in [0.1, 0.15) is 6.10 Å². The molecular weight excluding hydrogens is 130 g/mol. The van der Waals surface area contributed by atoms with Gasteiger partial charge in [-0.2, -0.15) is 0 Å². The van der Waals surface area contributed by atoms with Gasteiger partial charge in [-0.25, -0.2) is 0 Å². The van der Waals surface area contributed by atoms with Crippen LogP contribution in [0.1, 0.15) is 19.8 Å². The van der Waals surface area contributed by atoms with Gasteiger partial charge in [0.05, 0.1) is 0 Å². The molecule has 0 bridgehead atoms. The van der Waals surface area contributed by atoms with Crippen LogP contribution in [0.4, 0.5) is 0 Å². The number of carbonyl (C=O) groups is 1. The molecule has 0 aliphatic carbocycles. The van der Waals surface area contributed by atoms with E-state index in [-0.39, 0.29) is 12.0 Å². The molecule has 1 aliphatic rings. The van der Waals surface area contributed by atoms with Crippen LogP contribution < -0.4 is 5.73 Å². The molecule has 0 aromatic heterocycles. The predicted molar refractivity (Wildman–Crippen MR) is 37.3 cm³/mol. The maximum atomic E-state index is 10.6. The van der Waals surface area contributed by atoms with Gasteiger partial charge in [-0.3, -0.25) is 4.79 Å². The van der Waals surface area contributed by atoms with Crippen LogP contribution in [0, 0.1) is 5.92 Å². The van der Waals surface area contributed by atoms with Crippen molar-refractivity contribution in [1.29, 1.82) is 0 Å². The summed E-state index contributed by atoms with van der Waals surface area (Å²) in [6, 6.07) is 0. The van der Waals surface area contributed by atoms with Crippen LogP contribution in [0.5, 0.6) is 0 Å². The summed E-state index contributed by atoms with van der Waals surface area (Å²) in [6.45, 7) is 2.78. The molecule has 10 heavy (non-hydrogen) atoms. The number of primary amides is 1. The normalized spacial score (nSPS) is 33.7. The minimum absolute atomic E-state index is 0.327. The predicted octanol–water partition coefficient (Wildman–Crippen LogP) is 0.287. The van der Waals surface area contributed by atoms with Crippen molar-refractivity contribution in [3.63, 3.8) is 0 Å². The summed E-state index contributed by atoms with van der Waals surface area (Å²) >= 11 is 0. The maximum absolute atomic E-state index is 10.6. The van der Waals surface area contributed by atoms with Crippen LogP contribution in [-0.2, 0) is 9.53 Å². The van der Waals surface area contributed by atoms with Crippen molar-refractivity contribution < 1.29 is 9.53 Å². The smallest absolute Gasteiger partial charge is 0.246 e. The Kier molecular flexibility index (Phi) is 2.27. The summed E-state index contributed by atoms with van der Waals surface area (Å²) in [5, 5.41) is 0. The molecule has 1 aliphatic heterocycles. The van der Waals surface area contributed by atoms with Gasteiger partial charge in [0, 0.05) is 6.61 Å². The van der Waals surface area contributed by atoms with Crippen molar-refractivity contribution in [1.82, 2.24) is 0 Å². The zero-order chi connectivity index (χ0) is 7.56.